The van der Waals surface area contributed by atoms with Crippen LogP contribution in [0.25, 0.3) is 0 Å². The number of benzene rings is 1. The second-order valence-corrected chi connectivity index (χ2v) is 6.83. The van der Waals surface area contributed by atoms with E-state index in [2.05, 4.69) is 15.6 Å². The Morgan fingerprint density at radius 2 is 2.07 bits per heavy atom. The lowest BCUT2D eigenvalue weighted by Gasteiger charge is -2.13. The van der Waals surface area contributed by atoms with E-state index in [-0.39, 0.29) is 12.2 Å². The van der Waals surface area contributed by atoms with Crippen LogP contribution >= 0.6 is 0 Å². The molecule has 0 aliphatic carbocycles. The zero-order chi connectivity index (χ0) is 20.1. The lowest BCUT2D eigenvalue weighted by molar-refractivity contribution is -0.141. The summed E-state index contributed by atoms with van der Waals surface area (Å²) in [6.07, 6.45) is 3.91. The van der Waals surface area contributed by atoms with Crippen LogP contribution in [0.2, 0.25) is 0 Å². The average Bonchev–Trinajstić information content (AvgIpc) is 3.27. The first kappa shape index (κ1) is 19.3. The van der Waals surface area contributed by atoms with E-state index >= 15 is 0 Å². The van der Waals surface area contributed by atoms with Gasteiger partial charge in [-0.2, -0.15) is 5.10 Å². The summed E-state index contributed by atoms with van der Waals surface area (Å²) in [6, 6.07) is 9.20. The minimum absolute atomic E-state index is 0.00263. The van der Waals surface area contributed by atoms with E-state index in [1.165, 1.54) is 6.07 Å². The molecule has 28 heavy (non-hydrogen) atoms. The monoisotopic (exact) mass is 382 g/mol. The number of aryl methyl sites for hydroxylation is 2. The number of hydrogen-bond acceptors (Lipinski definition) is 5. The molecule has 1 atom stereocenters. The van der Waals surface area contributed by atoms with Crippen molar-refractivity contribution in [3.8, 4) is 0 Å². The first-order chi connectivity index (χ1) is 13.4. The number of carbonyl (C=O) groups excluding carboxylic acids is 1. The van der Waals surface area contributed by atoms with Crippen molar-refractivity contribution in [1.29, 1.82) is 0 Å². The van der Waals surface area contributed by atoms with Crippen LogP contribution in [0.3, 0.4) is 0 Å². The number of rotatable bonds is 8. The predicted octanol–water partition coefficient (Wildman–Crippen LogP) is 2.21. The highest BCUT2D eigenvalue weighted by Crippen LogP contribution is 2.12. The van der Waals surface area contributed by atoms with Crippen LogP contribution in [-0.4, -0.2) is 38.5 Å². The van der Waals surface area contributed by atoms with Gasteiger partial charge < -0.3 is 14.9 Å². The van der Waals surface area contributed by atoms with Crippen LogP contribution in [-0.2, 0) is 17.8 Å². The molecule has 0 aliphatic heterocycles. The Labute approximate surface area is 162 Å². The third-order valence-electron chi connectivity index (χ3n) is 4.29. The molecule has 0 saturated heterocycles. The number of nitrogens with one attached hydrogen (secondary N) is 1. The van der Waals surface area contributed by atoms with Crippen LogP contribution in [0, 0.1) is 19.8 Å². The minimum Gasteiger partial charge on any atom is -0.481 e. The Hall–Kier alpha value is -3.42. The van der Waals surface area contributed by atoms with Gasteiger partial charge in [-0.25, -0.2) is 0 Å². The van der Waals surface area contributed by atoms with Gasteiger partial charge in [0, 0.05) is 18.8 Å². The maximum atomic E-state index is 12.3. The zero-order valence-electron chi connectivity index (χ0n) is 15.8. The van der Waals surface area contributed by atoms with Gasteiger partial charge >= 0.3 is 5.97 Å². The van der Waals surface area contributed by atoms with Gasteiger partial charge in [-0.1, -0.05) is 35.0 Å². The fourth-order valence-electron chi connectivity index (χ4n) is 2.88. The highest BCUT2D eigenvalue weighted by molar-refractivity contribution is 5.92. The standard InChI is InChI=1S/C20H22N4O4/c1-13-4-3-5-15(6-13)7-16(20(26)27)10-21-19(25)18-8-17(28-23-18)12-24-11-14(2)9-22-24/h3-6,8-9,11,16H,7,10,12H2,1-2H3,(H,21,25)(H,26,27). The Morgan fingerprint density at radius 3 is 2.75 bits per heavy atom. The van der Waals surface area contributed by atoms with Crippen LogP contribution in [0.15, 0.2) is 47.2 Å². The van der Waals surface area contributed by atoms with E-state index in [9.17, 15) is 14.7 Å². The van der Waals surface area contributed by atoms with Crippen molar-refractivity contribution in [2.45, 2.75) is 26.8 Å². The molecule has 3 rings (SSSR count). The lowest BCUT2D eigenvalue weighted by Crippen LogP contribution is -2.34. The summed E-state index contributed by atoms with van der Waals surface area (Å²) in [5.74, 6) is -1.68. The fraction of sp³-hybridized carbons (Fsp3) is 0.300. The van der Waals surface area contributed by atoms with Crippen molar-refractivity contribution in [2.75, 3.05) is 6.54 Å². The van der Waals surface area contributed by atoms with Crippen molar-refractivity contribution in [3.63, 3.8) is 0 Å². The van der Waals surface area contributed by atoms with E-state index in [1.54, 1.807) is 10.9 Å². The number of amides is 1. The van der Waals surface area contributed by atoms with Crippen LogP contribution < -0.4 is 5.32 Å². The van der Waals surface area contributed by atoms with Gasteiger partial charge in [0.05, 0.1) is 12.1 Å². The van der Waals surface area contributed by atoms with Crippen LogP contribution in [0.4, 0.5) is 0 Å². The normalized spacial score (nSPS) is 11.9. The molecule has 0 radical (unpaired) electrons. The molecular weight excluding hydrogens is 360 g/mol. The second kappa shape index (κ2) is 8.51. The van der Waals surface area contributed by atoms with Gasteiger partial charge in [0.2, 0.25) is 0 Å². The largest absolute Gasteiger partial charge is 0.481 e. The van der Waals surface area contributed by atoms with Crippen molar-refractivity contribution in [2.24, 2.45) is 5.92 Å². The number of aliphatic carboxylic acids is 1. The van der Waals surface area contributed by atoms with Gasteiger partial charge in [-0.15, -0.1) is 0 Å². The van der Waals surface area contributed by atoms with Crippen molar-refractivity contribution in [1.82, 2.24) is 20.3 Å². The van der Waals surface area contributed by atoms with Gasteiger partial charge in [0.25, 0.3) is 5.91 Å². The molecule has 2 N–H and O–H groups in total. The predicted molar refractivity (Wildman–Crippen MR) is 101 cm³/mol. The second-order valence-electron chi connectivity index (χ2n) is 6.83. The Morgan fingerprint density at radius 1 is 1.25 bits per heavy atom. The minimum atomic E-state index is -0.961. The first-order valence-corrected chi connectivity index (χ1v) is 8.92. The molecule has 8 heteroatoms. The molecule has 0 fully saturated rings. The summed E-state index contributed by atoms with van der Waals surface area (Å²) < 4.78 is 6.85. The first-order valence-electron chi connectivity index (χ1n) is 8.92. The summed E-state index contributed by atoms with van der Waals surface area (Å²) in [5, 5.41) is 20.0. The molecule has 2 heterocycles. The summed E-state index contributed by atoms with van der Waals surface area (Å²) in [7, 11) is 0. The smallest absolute Gasteiger partial charge is 0.308 e. The maximum Gasteiger partial charge on any atom is 0.308 e. The number of aromatic nitrogens is 3. The Bertz CT molecular complexity index is 976. The van der Waals surface area contributed by atoms with E-state index < -0.39 is 17.8 Å². The molecule has 1 aromatic carbocycles. The third kappa shape index (κ3) is 5.06. The molecule has 8 nitrogen and oxygen atoms in total. The highest BCUT2D eigenvalue weighted by Gasteiger charge is 2.21. The molecule has 0 spiro atoms. The van der Waals surface area contributed by atoms with Crippen LogP contribution in [0.5, 0.6) is 0 Å². The number of hydrogen-bond donors (Lipinski definition) is 2. The van der Waals surface area contributed by atoms with Gasteiger partial charge in [0.1, 0.15) is 6.54 Å². The molecule has 0 bridgehead atoms. The molecule has 3 aromatic rings. The topological polar surface area (TPSA) is 110 Å². The molecular formula is C20H22N4O4. The summed E-state index contributed by atoms with van der Waals surface area (Å²) in [4.78, 5) is 23.9. The van der Waals surface area contributed by atoms with E-state index in [0.29, 0.717) is 18.7 Å². The molecule has 2 aromatic heterocycles. The molecule has 1 amide bonds. The number of carbonyl (C=O) groups is 2. The Balaban J connectivity index is 1.58. The summed E-state index contributed by atoms with van der Waals surface area (Å²) >= 11 is 0. The average molecular weight is 382 g/mol. The fourth-order valence-corrected chi connectivity index (χ4v) is 2.88. The van der Waals surface area contributed by atoms with Gasteiger partial charge in [-0.3, -0.25) is 14.3 Å². The number of carboxylic acid groups (broad SMARTS) is 1. The summed E-state index contributed by atoms with van der Waals surface area (Å²) in [6.45, 7) is 4.24. The molecule has 0 saturated carbocycles. The quantitative estimate of drug-likeness (QED) is 0.618. The van der Waals surface area contributed by atoms with Crippen LogP contribution in [0.1, 0.15) is 32.9 Å². The van der Waals surface area contributed by atoms with E-state index in [0.717, 1.165) is 16.7 Å². The van der Waals surface area contributed by atoms with Gasteiger partial charge in [0.15, 0.2) is 11.5 Å². The van der Waals surface area contributed by atoms with E-state index in [4.69, 9.17) is 4.52 Å². The molecule has 146 valence electrons. The third-order valence-corrected chi connectivity index (χ3v) is 4.29. The lowest BCUT2D eigenvalue weighted by atomic mass is 9.98. The highest BCUT2D eigenvalue weighted by atomic mass is 16.5. The zero-order valence-corrected chi connectivity index (χ0v) is 15.8. The number of carboxylic acids is 1. The van der Waals surface area contributed by atoms with Crippen molar-refractivity contribution < 1.29 is 19.2 Å². The van der Waals surface area contributed by atoms with Crippen molar-refractivity contribution >= 4 is 11.9 Å². The van der Waals surface area contributed by atoms with Gasteiger partial charge in [-0.05, 0) is 31.4 Å². The molecule has 1 unspecified atom stereocenters. The SMILES string of the molecule is Cc1cccc(CC(CNC(=O)c2cc(Cn3cc(C)cn3)on2)C(=O)O)c1. The van der Waals surface area contributed by atoms with E-state index in [1.807, 2.05) is 44.3 Å². The number of nitrogens with zero attached hydrogens (tertiary/aromatic N) is 3. The Kier molecular flexibility index (Phi) is 5.88. The maximum absolute atomic E-state index is 12.3. The molecule has 0 aliphatic rings. The van der Waals surface area contributed by atoms with Crippen molar-refractivity contribution in [3.05, 3.63) is 70.9 Å². The summed E-state index contributed by atoms with van der Waals surface area (Å²) in [5.41, 5.74) is 3.11.